The molecule has 0 atom stereocenters. The van der Waals surface area contributed by atoms with Crippen LogP contribution in [-0.4, -0.2) is 24.3 Å². The molecule has 0 aromatic carbocycles. The Morgan fingerprint density at radius 3 is 2.91 bits per heavy atom. The van der Waals surface area contributed by atoms with Gasteiger partial charge in [-0.1, -0.05) is 12.0 Å². The molecule has 0 rings (SSSR count). The number of aliphatic hydroxyl groups excluding tert-OH is 1. The molecule has 0 fully saturated rings. The zero-order chi connectivity index (χ0) is 8.53. The van der Waals surface area contributed by atoms with E-state index >= 15 is 0 Å². The molecule has 0 aliphatic rings. The summed E-state index contributed by atoms with van der Waals surface area (Å²) in [5, 5.41) is 8.28. The summed E-state index contributed by atoms with van der Waals surface area (Å²) in [5.41, 5.74) is 0. The third-order valence-corrected chi connectivity index (χ3v) is 0.810. The lowest BCUT2D eigenvalue weighted by molar-refractivity contribution is -0.135. The van der Waals surface area contributed by atoms with Crippen LogP contribution in [0, 0.1) is 11.8 Å². The number of hydrogen-bond acceptors (Lipinski definition) is 3. The standard InChI is InChI=1S/C8H10O3/c1-2-5-8(10)11-7-4-3-6-9/h3-4,9H,6-7H2,1H3/b4-3-. The molecule has 1 N–H and O–H groups in total. The molecule has 0 amide bonds. The number of hydrogen-bond donors (Lipinski definition) is 1. The second-order valence-electron chi connectivity index (χ2n) is 1.63. The summed E-state index contributed by atoms with van der Waals surface area (Å²) >= 11 is 0. The number of carbonyl (C=O) groups is 1. The van der Waals surface area contributed by atoms with Gasteiger partial charge in [-0.05, 0) is 13.0 Å². The van der Waals surface area contributed by atoms with Gasteiger partial charge in [-0.15, -0.1) is 0 Å². The van der Waals surface area contributed by atoms with E-state index in [-0.39, 0.29) is 13.2 Å². The second kappa shape index (κ2) is 6.84. The number of carbonyl (C=O) groups excluding carboxylic acids is 1. The maximum Gasteiger partial charge on any atom is 0.384 e. The molecule has 3 nitrogen and oxygen atoms in total. The van der Waals surface area contributed by atoms with E-state index in [4.69, 9.17) is 5.11 Å². The molecule has 0 aromatic heterocycles. The molecule has 0 aliphatic carbocycles. The van der Waals surface area contributed by atoms with Crippen molar-refractivity contribution in [1.82, 2.24) is 0 Å². The molecule has 11 heavy (non-hydrogen) atoms. The van der Waals surface area contributed by atoms with E-state index < -0.39 is 5.97 Å². The third kappa shape index (κ3) is 6.62. The first-order chi connectivity index (χ1) is 5.31. The number of esters is 1. The van der Waals surface area contributed by atoms with Gasteiger partial charge in [0, 0.05) is 5.92 Å². The van der Waals surface area contributed by atoms with Crippen molar-refractivity contribution in [2.24, 2.45) is 0 Å². The van der Waals surface area contributed by atoms with Crippen LogP contribution in [0.4, 0.5) is 0 Å². The molecular formula is C8H10O3. The Bertz CT molecular complexity index is 195. The smallest absolute Gasteiger partial charge is 0.384 e. The maximum atomic E-state index is 10.5. The van der Waals surface area contributed by atoms with E-state index in [9.17, 15) is 4.79 Å². The summed E-state index contributed by atoms with van der Waals surface area (Å²) < 4.78 is 4.57. The van der Waals surface area contributed by atoms with Gasteiger partial charge in [-0.3, -0.25) is 0 Å². The quantitative estimate of drug-likeness (QED) is 0.271. The minimum absolute atomic E-state index is 0.0446. The molecule has 0 saturated heterocycles. The van der Waals surface area contributed by atoms with Crippen molar-refractivity contribution in [1.29, 1.82) is 0 Å². The lowest BCUT2D eigenvalue weighted by Gasteiger charge is -1.92. The Hall–Kier alpha value is -1.27. The highest BCUT2D eigenvalue weighted by atomic mass is 16.5. The Labute approximate surface area is 65.7 Å². The summed E-state index contributed by atoms with van der Waals surface area (Å²) in [6.07, 6.45) is 3.04. The monoisotopic (exact) mass is 154 g/mol. The molecule has 60 valence electrons. The fraction of sp³-hybridized carbons (Fsp3) is 0.375. The Kier molecular flexibility index (Phi) is 6.05. The Balaban J connectivity index is 3.44. The highest BCUT2D eigenvalue weighted by Crippen LogP contribution is 1.78. The normalized spacial score (nSPS) is 8.91. The molecule has 0 radical (unpaired) electrons. The first kappa shape index (κ1) is 9.73. The van der Waals surface area contributed by atoms with Crippen LogP contribution in [0.25, 0.3) is 0 Å². The first-order valence-corrected chi connectivity index (χ1v) is 3.16. The number of ether oxygens (including phenoxy) is 1. The van der Waals surface area contributed by atoms with E-state index in [1.54, 1.807) is 13.0 Å². The van der Waals surface area contributed by atoms with Gasteiger partial charge in [0.15, 0.2) is 0 Å². The predicted molar refractivity (Wildman–Crippen MR) is 40.6 cm³/mol. The van der Waals surface area contributed by atoms with Crippen molar-refractivity contribution >= 4 is 5.97 Å². The summed E-state index contributed by atoms with van der Waals surface area (Å²) in [6.45, 7) is 1.68. The minimum atomic E-state index is -0.546. The number of rotatable bonds is 3. The van der Waals surface area contributed by atoms with Crippen LogP contribution >= 0.6 is 0 Å². The third-order valence-electron chi connectivity index (χ3n) is 0.810. The Morgan fingerprint density at radius 1 is 1.64 bits per heavy atom. The molecule has 0 bridgehead atoms. The van der Waals surface area contributed by atoms with Crippen molar-refractivity contribution in [3.8, 4) is 11.8 Å². The zero-order valence-electron chi connectivity index (χ0n) is 6.33. The molecule has 3 heteroatoms. The number of aliphatic hydroxyl groups is 1. The van der Waals surface area contributed by atoms with Crippen LogP contribution in [-0.2, 0) is 9.53 Å². The van der Waals surface area contributed by atoms with E-state index in [1.165, 1.54) is 6.08 Å². The van der Waals surface area contributed by atoms with Crippen molar-refractivity contribution in [3.05, 3.63) is 12.2 Å². The summed E-state index contributed by atoms with van der Waals surface area (Å²) in [4.78, 5) is 10.5. The van der Waals surface area contributed by atoms with Gasteiger partial charge in [0.2, 0.25) is 0 Å². The van der Waals surface area contributed by atoms with Gasteiger partial charge >= 0.3 is 5.97 Å². The summed E-state index contributed by atoms with van der Waals surface area (Å²) in [5.74, 6) is 4.08. The molecule has 0 unspecified atom stereocenters. The van der Waals surface area contributed by atoms with Crippen LogP contribution in [0.5, 0.6) is 0 Å². The lowest BCUT2D eigenvalue weighted by atomic mass is 10.5. The average molecular weight is 154 g/mol. The van der Waals surface area contributed by atoms with E-state index in [2.05, 4.69) is 16.6 Å². The molecular weight excluding hydrogens is 144 g/mol. The maximum absolute atomic E-state index is 10.5. The van der Waals surface area contributed by atoms with Crippen LogP contribution in [0.15, 0.2) is 12.2 Å². The Morgan fingerprint density at radius 2 is 2.36 bits per heavy atom. The van der Waals surface area contributed by atoms with Crippen molar-refractivity contribution in [3.63, 3.8) is 0 Å². The largest absolute Gasteiger partial charge is 0.452 e. The van der Waals surface area contributed by atoms with Crippen LogP contribution in [0.3, 0.4) is 0 Å². The van der Waals surface area contributed by atoms with Crippen LogP contribution in [0.2, 0.25) is 0 Å². The van der Waals surface area contributed by atoms with Gasteiger partial charge in [0.05, 0.1) is 6.61 Å². The summed E-state index contributed by atoms with van der Waals surface area (Å²) in [6, 6.07) is 0. The van der Waals surface area contributed by atoms with Crippen molar-refractivity contribution in [2.45, 2.75) is 6.92 Å². The van der Waals surface area contributed by atoms with Gasteiger partial charge in [-0.25, -0.2) is 4.79 Å². The molecule has 0 aromatic rings. The highest BCUT2D eigenvalue weighted by Gasteiger charge is 1.90. The van der Waals surface area contributed by atoms with Crippen LogP contribution < -0.4 is 0 Å². The van der Waals surface area contributed by atoms with Gasteiger partial charge in [-0.2, -0.15) is 0 Å². The first-order valence-electron chi connectivity index (χ1n) is 3.16. The fourth-order valence-electron chi connectivity index (χ4n) is 0.405. The van der Waals surface area contributed by atoms with Crippen molar-refractivity contribution in [2.75, 3.05) is 13.2 Å². The van der Waals surface area contributed by atoms with E-state index in [1.807, 2.05) is 0 Å². The summed E-state index contributed by atoms with van der Waals surface area (Å²) in [7, 11) is 0. The fourth-order valence-corrected chi connectivity index (χ4v) is 0.405. The second-order valence-corrected chi connectivity index (χ2v) is 1.63. The predicted octanol–water partition coefficient (Wildman–Crippen LogP) is 0.101. The van der Waals surface area contributed by atoms with Crippen molar-refractivity contribution < 1.29 is 14.6 Å². The molecule has 0 heterocycles. The molecule has 0 saturated carbocycles. The SMILES string of the molecule is CC#CC(=O)OC/C=C\CO. The average Bonchev–Trinajstić information content (AvgIpc) is 1.99. The molecule has 0 spiro atoms. The topological polar surface area (TPSA) is 46.5 Å². The lowest BCUT2D eigenvalue weighted by Crippen LogP contribution is -2.00. The van der Waals surface area contributed by atoms with E-state index in [0.29, 0.717) is 0 Å². The zero-order valence-corrected chi connectivity index (χ0v) is 6.33. The van der Waals surface area contributed by atoms with Crippen LogP contribution in [0.1, 0.15) is 6.92 Å². The van der Waals surface area contributed by atoms with Gasteiger partial charge in [0.25, 0.3) is 0 Å². The van der Waals surface area contributed by atoms with Gasteiger partial charge < -0.3 is 9.84 Å². The highest BCUT2D eigenvalue weighted by molar-refractivity contribution is 5.88. The van der Waals surface area contributed by atoms with Gasteiger partial charge in [0.1, 0.15) is 6.61 Å². The van der Waals surface area contributed by atoms with E-state index in [0.717, 1.165) is 0 Å². The molecule has 0 aliphatic heterocycles. The minimum Gasteiger partial charge on any atom is -0.452 e.